The predicted octanol–water partition coefficient (Wildman–Crippen LogP) is 2.51. The summed E-state index contributed by atoms with van der Waals surface area (Å²) in [5, 5.41) is 0. The third-order valence-corrected chi connectivity index (χ3v) is 4.96. The first-order valence-electron chi connectivity index (χ1n) is 6.71. The first-order chi connectivity index (χ1) is 10.2. The number of hydrogen-bond acceptors (Lipinski definition) is 3. The lowest BCUT2D eigenvalue weighted by atomic mass is 10.1. The lowest BCUT2D eigenvalue weighted by Gasteiger charge is -2.14. The van der Waals surface area contributed by atoms with Gasteiger partial charge in [0.25, 0.3) is 10.0 Å². The zero-order valence-corrected chi connectivity index (χ0v) is 13.5. The fourth-order valence-corrected chi connectivity index (χ4v) is 4.04. The van der Waals surface area contributed by atoms with Crippen molar-refractivity contribution in [2.24, 2.45) is 5.73 Å². The fourth-order valence-electron chi connectivity index (χ4n) is 2.53. The molecule has 0 saturated carbocycles. The number of carbonyl (C=O) groups excluding carboxylic acids is 1. The lowest BCUT2D eigenvalue weighted by molar-refractivity contribution is 0.100. The number of primary amides is 1. The largest absolute Gasteiger partial charge is 0.366 e. The molecule has 2 rings (SSSR count). The van der Waals surface area contributed by atoms with Crippen LogP contribution in [-0.2, 0) is 10.0 Å². The van der Waals surface area contributed by atoms with Crippen molar-refractivity contribution in [3.05, 3.63) is 58.7 Å². The molecular weight excluding hydrogens is 300 g/mol. The molecule has 0 aliphatic carbocycles. The molecule has 3 N–H and O–H groups in total. The van der Waals surface area contributed by atoms with Gasteiger partial charge < -0.3 is 5.73 Å². The summed E-state index contributed by atoms with van der Waals surface area (Å²) in [5.41, 5.74) is 8.11. The third-order valence-electron chi connectivity index (χ3n) is 3.27. The summed E-state index contributed by atoms with van der Waals surface area (Å²) in [6.45, 7) is 5.43. The standard InChI is InChI=1S/C16H18N2O3S/c1-10-7-11(2)15(12(3)8-10)22(20,21)18-14-6-4-5-13(9-14)16(17)19/h4-9,18H,1-3H3,(H2,17,19). The Balaban J connectivity index is 2.45. The van der Waals surface area contributed by atoms with Crippen molar-refractivity contribution in [1.29, 1.82) is 0 Å². The van der Waals surface area contributed by atoms with Crippen LogP contribution in [0.15, 0.2) is 41.3 Å². The van der Waals surface area contributed by atoms with Crippen LogP contribution in [0.25, 0.3) is 0 Å². The third kappa shape index (κ3) is 3.28. The van der Waals surface area contributed by atoms with Gasteiger partial charge in [-0.2, -0.15) is 0 Å². The minimum Gasteiger partial charge on any atom is -0.366 e. The Morgan fingerprint density at radius 1 is 1.05 bits per heavy atom. The highest BCUT2D eigenvalue weighted by Gasteiger charge is 2.20. The molecule has 0 aliphatic heterocycles. The van der Waals surface area contributed by atoms with Gasteiger partial charge >= 0.3 is 0 Å². The number of carbonyl (C=O) groups is 1. The normalized spacial score (nSPS) is 11.2. The van der Waals surface area contributed by atoms with Crippen LogP contribution in [0.1, 0.15) is 27.0 Å². The summed E-state index contributed by atoms with van der Waals surface area (Å²) >= 11 is 0. The van der Waals surface area contributed by atoms with E-state index >= 15 is 0 Å². The Bertz CT molecular complexity index is 819. The lowest BCUT2D eigenvalue weighted by Crippen LogP contribution is -2.17. The van der Waals surface area contributed by atoms with Crippen molar-refractivity contribution in [3.63, 3.8) is 0 Å². The quantitative estimate of drug-likeness (QED) is 0.907. The molecule has 2 aromatic rings. The molecule has 0 saturated heterocycles. The van der Waals surface area contributed by atoms with Crippen LogP contribution in [-0.4, -0.2) is 14.3 Å². The van der Waals surface area contributed by atoms with Crippen molar-refractivity contribution in [1.82, 2.24) is 0 Å². The summed E-state index contributed by atoms with van der Waals surface area (Å²) in [7, 11) is -3.74. The second kappa shape index (κ2) is 5.81. The number of nitrogens with two attached hydrogens (primary N) is 1. The maximum absolute atomic E-state index is 12.6. The number of rotatable bonds is 4. The van der Waals surface area contributed by atoms with E-state index in [1.54, 1.807) is 26.0 Å². The fraction of sp³-hybridized carbons (Fsp3) is 0.188. The highest BCUT2D eigenvalue weighted by Crippen LogP contribution is 2.24. The van der Waals surface area contributed by atoms with Crippen molar-refractivity contribution < 1.29 is 13.2 Å². The first-order valence-corrected chi connectivity index (χ1v) is 8.19. The van der Waals surface area contributed by atoms with Gasteiger partial charge in [-0.15, -0.1) is 0 Å². The van der Waals surface area contributed by atoms with Crippen LogP contribution in [0.2, 0.25) is 0 Å². The van der Waals surface area contributed by atoms with Crippen molar-refractivity contribution in [2.75, 3.05) is 4.72 Å². The van der Waals surface area contributed by atoms with Gasteiger partial charge in [0, 0.05) is 11.3 Å². The predicted molar refractivity (Wildman–Crippen MR) is 86.4 cm³/mol. The van der Waals surface area contributed by atoms with E-state index in [-0.39, 0.29) is 10.5 Å². The van der Waals surface area contributed by atoms with Gasteiger partial charge in [0.2, 0.25) is 5.91 Å². The second-order valence-corrected chi connectivity index (χ2v) is 6.90. The van der Waals surface area contributed by atoms with E-state index < -0.39 is 15.9 Å². The number of sulfonamides is 1. The van der Waals surface area contributed by atoms with E-state index in [4.69, 9.17) is 5.73 Å². The molecule has 0 bridgehead atoms. The van der Waals surface area contributed by atoms with Crippen LogP contribution in [0.5, 0.6) is 0 Å². The monoisotopic (exact) mass is 318 g/mol. The highest BCUT2D eigenvalue weighted by molar-refractivity contribution is 7.92. The molecule has 0 fully saturated rings. The van der Waals surface area contributed by atoms with E-state index in [1.165, 1.54) is 12.1 Å². The average molecular weight is 318 g/mol. The Morgan fingerprint density at radius 3 is 2.18 bits per heavy atom. The molecule has 5 nitrogen and oxygen atoms in total. The Hall–Kier alpha value is -2.34. The summed E-state index contributed by atoms with van der Waals surface area (Å²) in [6, 6.07) is 9.74. The van der Waals surface area contributed by atoms with Gasteiger partial charge in [0.1, 0.15) is 0 Å². The minimum absolute atomic E-state index is 0.248. The number of nitrogens with one attached hydrogen (secondary N) is 1. The van der Waals surface area contributed by atoms with Crippen molar-refractivity contribution >= 4 is 21.6 Å². The molecule has 2 aromatic carbocycles. The topological polar surface area (TPSA) is 89.3 Å². The van der Waals surface area contributed by atoms with Crippen molar-refractivity contribution in [3.8, 4) is 0 Å². The SMILES string of the molecule is Cc1cc(C)c(S(=O)(=O)Nc2cccc(C(N)=O)c2)c(C)c1. The van der Waals surface area contributed by atoms with E-state index in [2.05, 4.69) is 4.72 Å². The Labute approximate surface area is 130 Å². The summed E-state index contributed by atoms with van der Waals surface area (Å²) in [4.78, 5) is 11.4. The van der Waals surface area contributed by atoms with Crippen molar-refractivity contribution in [2.45, 2.75) is 25.7 Å². The zero-order chi connectivity index (χ0) is 16.5. The molecule has 22 heavy (non-hydrogen) atoms. The molecule has 116 valence electrons. The molecule has 1 amide bonds. The Kier molecular flexibility index (Phi) is 4.23. The smallest absolute Gasteiger partial charge is 0.262 e. The van der Waals surface area contributed by atoms with Gasteiger partial charge in [-0.1, -0.05) is 23.8 Å². The van der Waals surface area contributed by atoms with Gasteiger partial charge in [-0.25, -0.2) is 8.42 Å². The van der Waals surface area contributed by atoms with Crippen LogP contribution >= 0.6 is 0 Å². The van der Waals surface area contributed by atoms with Crippen LogP contribution < -0.4 is 10.5 Å². The second-order valence-electron chi connectivity index (χ2n) is 5.28. The maximum Gasteiger partial charge on any atom is 0.262 e. The van der Waals surface area contributed by atoms with Gasteiger partial charge in [-0.3, -0.25) is 9.52 Å². The molecule has 0 radical (unpaired) electrons. The molecule has 0 heterocycles. The minimum atomic E-state index is -3.74. The summed E-state index contributed by atoms with van der Waals surface area (Å²) < 4.78 is 27.7. The van der Waals surface area contributed by atoms with E-state index in [0.29, 0.717) is 16.8 Å². The molecule has 0 unspecified atom stereocenters. The molecule has 0 spiro atoms. The van der Waals surface area contributed by atoms with Crippen LogP contribution in [0, 0.1) is 20.8 Å². The maximum atomic E-state index is 12.6. The summed E-state index contributed by atoms with van der Waals surface area (Å²) in [6.07, 6.45) is 0. The molecule has 0 atom stereocenters. The molecular formula is C16H18N2O3S. The molecule has 0 aliphatic rings. The zero-order valence-electron chi connectivity index (χ0n) is 12.7. The number of aryl methyl sites for hydroxylation is 3. The van der Waals surface area contributed by atoms with Gasteiger partial charge in [0.05, 0.1) is 4.90 Å². The van der Waals surface area contributed by atoms with Crippen LogP contribution in [0.3, 0.4) is 0 Å². The molecule has 6 heteroatoms. The number of hydrogen-bond donors (Lipinski definition) is 2. The van der Waals surface area contributed by atoms with E-state index in [9.17, 15) is 13.2 Å². The number of anilines is 1. The summed E-state index contributed by atoms with van der Waals surface area (Å²) in [5.74, 6) is -0.608. The Morgan fingerprint density at radius 2 is 1.64 bits per heavy atom. The molecule has 0 aromatic heterocycles. The van der Waals surface area contributed by atoms with Gasteiger partial charge in [-0.05, 0) is 50.1 Å². The van der Waals surface area contributed by atoms with Gasteiger partial charge in [0.15, 0.2) is 0 Å². The highest BCUT2D eigenvalue weighted by atomic mass is 32.2. The van der Waals surface area contributed by atoms with E-state index in [0.717, 1.165) is 5.56 Å². The van der Waals surface area contributed by atoms with Crippen LogP contribution in [0.4, 0.5) is 5.69 Å². The number of benzene rings is 2. The average Bonchev–Trinajstić information content (AvgIpc) is 2.36. The first kappa shape index (κ1) is 16.0. The number of amides is 1. The van der Waals surface area contributed by atoms with E-state index in [1.807, 2.05) is 19.1 Å².